The Morgan fingerprint density at radius 1 is 1.45 bits per heavy atom. The maximum Gasteiger partial charge on any atom is 0.0585 e. The van der Waals surface area contributed by atoms with E-state index in [1.54, 1.807) is 0 Å². The van der Waals surface area contributed by atoms with Crippen molar-refractivity contribution in [3.63, 3.8) is 0 Å². The van der Waals surface area contributed by atoms with Crippen LogP contribution in [0.5, 0.6) is 0 Å². The minimum absolute atomic E-state index is 0.0760. The van der Waals surface area contributed by atoms with Gasteiger partial charge in [0.05, 0.1) is 6.61 Å². The number of aliphatic hydroxyl groups excluding tert-OH is 1. The SMILES string of the molecule is CCCC/C=C/CC(N)CO. The van der Waals surface area contributed by atoms with E-state index in [0.717, 1.165) is 12.8 Å². The van der Waals surface area contributed by atoms with Gasteiger partial charge < -0.3 is 10.8 Å². The van der Waals surface area contributed by atoms with Gasteiger partial charge in [-0.2, -0.15) is 0 Å². The Morgan fingerprint density at radius 2 is 2.18 bits per heavy atom. The summed E-state index contributed by atoms with van der Waals surface area (Å²) in [5, 5.41) is 8.58. The van der Waals surface area contributed by atoms with Gasteiger partial charge in [0.1, 0.15) is 0 Å². The molecule has 2 nitrogen and oxygen atoms in total. The summed E-state index contributed by atoms with van der Waals surface area (Å²) in [6.45, 7) is 2.26. The van der Waals surface area contributed by atoms with Crippen LogP contribution in [0.25, 0.3) is 0 Å². The smallest absolute Gasteiger partial charge is 0.0585 e. The molecule has 2 heteroatoms. The van der Waals surface area contributed by atoms with Crippen molar-refractivity contribution in [1.82, 2.24) is 0 Å². The summed E-state index contributed by atoms with van der Waals surface area (Å²) < 4.78 is 0. The minimum Gasteiger partial charge on any atom is -0.395 e. The molecule has 0 bridgehead atoms. The first-order valence-electron chi connectivity index (χ1n) is 4.32. The molecule has 3 N–H and O–H groups in total. The minimum atomic E-state index is -0.0760. The third-order valence-electron chi connectivity index (χ3n) is 1.56. The molecule has 0 rings (SSSR count). The first kappa shape index (κ1) is 10.7. The van der Waals surface area contributed by atoms with Gasteiger partial charge in [-0.25, -0.2) is 0 Å². The first-order valence-corrected chi connectivity index (χ1v) is 4.32. The molecule has 0 heterocycles. The molecule has 0 saturated carbocycles. The van der Waals surface area contributed by atoms with Gasteiger partial charge in [0.2, 0.25) is 0 Å². The number of hydrogen-bond acceptors (Lipinski definition) is 2. The van der Waals surface area contributed by atoms with Crippen LogP contribution in [-0.2, 0) is 0 Å². The van der Waals surface area contributed by atoms with Crippen molar-refractivity contribution in [2.45, 2.75) is 38.6 Å². The van der Waals surface area contributed by atoms with Gasteiger partial charge in [-0.15, -0.1) is 0 Å². The summed E-state index contributed by atoms with van der Waals surface area (Å²) in [5.41, 5.74) is 5.49. The van der Waals surface area contributed by atoms with E-state index >= 15 is 0 Å². The summed E-state index contributed by atoms with van der Waals surface area (Å²) in [5.74, 6) is 0. The summed E-state index contributed by atoms with van der Waals surface area (Å²) in [6.07, 6.45) is 8.59. The van der Waals surface area contributed by atoms with E-state index < -0.39 is 0 Å². The molecule has 0 spiro atoms. The molecule has 0 saturated heterocycles. The molecular formula is C9H19NO. The number of rotatable bonds is 6. The quantitative estimate of drug-likeness (QED) is 0.452. The molecular weight excluding hydrogens is 138 g/mol. The third-order valence-corrected chi connectivity index (χ3v) is 1.56. The van der Waals surface area contributed by atoms with Gasteiger partial charge in [0.25, 0.3) is 0 Å². The Balaban J connectivity index is 3.15. The van der Waals surface area contributed by atoms with Crippen LogP contribution in [0, 0.1) is 0 Å². The van der Waals surface area contributed by atoms with Gasteiger partial charge in [-0.3, -0.25) is 0 Å². The summed E-state index contributed by atoms with van der Waals surface area (Å²) in [6, 6.07) is -0.0760. The maximum absolute atomic E-state index is 8.58. The molecule has 0 aromatic heterocycles. The standard InChI is InChI=1S/C9H19NO/c1-2-3-4-5-6-7-9(10)8-11/h5-6,9,11H,2-4,7-8,10H2,1H3/b6-5+. The van der Waals surface area contributed by atoms with Gasteiger partial charge in [0, 0.05) is 6.04 Å². The zero-order valence-corrected chi connectivity index (χ0v) is 7.29. The fourth-order valence-corrected chi connectivity index (χ4v) is 0.785. The lowest BCUT2D eigenvalue weighted by Crippen LogP contribution is -2.22. The van der Waals surface area contributed by atoms with E-state index in [1.807, 2.05) is 0 Å². The number of unbranched alkanes of at least 4 members (excludes halogenated alkanes) is 2. The van der Waals surface area contributed by atoms with Crippen molar-refractivity contribution in [3.8, 4) is 0 Å². The molecule has 0 aliphatic heterocycles. The van der Waals surface area contributed by atoms with Crippen molar-refractivity contribution in [2.24, 2.45) is 5.73 Å². The molecule has 0 fully saturated rings. The molecule has 11 heavy (non-hydrogen) atoms. The Kier molecular flexibility index (Phi) is 7.52. The second kappa shape index (κ2) is 7.76. The van der Waals surface area contributed by atoms with E-state index in [1.165, 1.54) is 12.8 Å². The zero-order valence-electron chi connectivity index (χ0n) is 7.29. The zero-order chi connectivity index (χ0) is 8.53. The van der Waals surface area contributed by atoms with Crippen molar-refractivity contribution < 1.29 is 5.11 Å². The van der Waals surface area contributed by atoms with Gasteiger partial charge in [-0.1, -0.05) is 31.9 Å². The molecule has 1 unspecified atom stereocenters. The third kappa shape index (κ3) is 7.56. The normalized spacial score (nSPS) is 14.1. The second-order valence-electron chi connectivity index (χ2n) is 2.79. The van der Waals surface area contributed by atoms with Crippen LogP contribution >= 0.6 is 0 Å². The van der Waals surface area contributed by atoms with Crippen LogP contribution in [0.1, 0.15) is 32.6 Å². The number of hydrogen-bond donors (Lipinski definition) is 2. The van der Waals surface area contributed by atoms with Crippen molar-refractivity contribution in [2.75, 3.05) is 6.61 Å². The van der Waals surface area contributed by atoms with Crippen molar-refractivity contribution in [1.29, 1.82) is 0 Å². The summed E-state index contributed by atoms with van der Waals surface area (Å²) >= 11 is 0. The van der Waals surface area contributed by atoms with E-state index in [4.69, 9.17) is 10.8 Å². The van der Waals surface area contributed by atoms with Gasteiger partial charge >= 0.3 is 0 Å². The molecule has 1 atom stereocenters. The predicted molar refractivity (Wildman–Crippen MR) is 48.3 cm³/mol. The van der Waals surface area contributed by atoms with E-state index in [-0.39, 0.29) is 12.6 Å². The maximum atomic E-state index is 8.58. The van der Waals surface area contributed by atoms with Crippen LogP contribution in [0.15, 0.2) is 12.2 Å². The van der Waals surface area contributed by atoms with Crippen molar-refractivity contribution >= 4 is 0 Å². The summed E-state index contributed by atoms with van der Waals surface area (Å²) in [4.78, 5) is 0. The summed E-state index contributed by atoms with van der Waals surface area (Å²) in [7, 11) is 0. The highest BCUT2D eigenvalue weighted by atomic mass is 16.3. The molecule has 0 radical (unpaired) electrons. The van der Waals surface area contributed by atoms with Crippen molar-refractivity contribution in [3.05, 3.63) is 12.2 Å². The molecule has 0 aliphatic carbocycles. The first-order chi connectivity index (χ1) is 5.31. The fraction of sp³-hybridized carbons (Fsp3) is 0.778. The van der Waals surface area contributed by atoms with Gasteiger partial charge in [0.15, 0.2) is 0 Å². The Hall–Kier alpha value is -0.340. The van der Waals surface area contributed by atoms with E-state index in [9.17, 15) is 0 Å². The molecule has 0 aliphatic rings. The molecule has 66 valence electrons. The Labute approximate surface area is 69.1 Å². The molecule has 0 aromatic carbocycles. The van der Waals surface area contributed by atoms with Crippen LogP contribution in [0.4, 0.5) is 0 Å². The average Bonchev–Trinajstić information content (AvgIpc) is 2.04. The Morgan fingerprint density at radius 3 is 2.73 bits per heavy atom. The predicted octanol–water partition coefficient (Wildman–Crippen LogP) is 1.44. The number of allylic oxidation sites excluding steroid dienone is 1. The highest BCUT2D eigenvalue weighted by Gasteiger charge is 1.93. The monoisotopic (exact) mass is 157 g/mol. The topological polar surface area (TPSA) is 46.2 Å². The van der Waals surface area contributed by atoms with Crippen LogP contribution in [0.2, 0.25) is 0 Å². The molecule has 0 aromatic rings. The largest absolute Gasteiger partial charge is 0.395 e. The van der Waals surface area contributed by atoms with Crippen LogP contribution in [-0.4, -0.2) is 17.8 Å². The lowest BCUT2D eigenvalue weighted by Gasteiger charge is -2.01. The van der Waals surface area contributed by atoms with Gasteiger partial charge in [-0.05, 0) is 12.8 Å². The highest BCUT2D eigenvalue weighted by molar-refractivity contribution is 4.84. The molecule has 0 amide bonds. The van der Waals surface area contributed by atoms with Crippen LogP contribution in [0.3, 0.4) is 0 Å². The highest BCUT2D eigenvalue weighted by Crippen LogP contribution is 1.97. The number of nitrogens with two attached hydrogens (primary N) is 1. The fourth-order valence-electron chi connectivity index (χ4n) is 0.785. The lowest BCUT2D eigenvalue weighted by atomic mass is 10.2. The second-order valence-corrected chi connectivity index (χ2v) is 2.79. The lowest BCUT2D eigenvalue weighted by molar-refractivity contribution is 0.266. The average molecular weight is 157 g/mol. The van der Waals surface area contributed by atoms with E-state index in [0.29, 0.717) is 0 Å². The Bertz CT molecular complexity index is 102. The van der Waals surface area contributed by atoms with Crippen LogP contribution < -0.4 is 5.73 Å². The van der Waals surface area contributed by atoms with E-state index in [2.05, 4.69) is 19.1 Å². The number of aliphatic hydroxyl groups is 1.